The number of thiol groups is 2. The van der Waals surface area contributed by atoms with Crippen LogP contribution >= 0.6 is 25.3 Å². The molecule has 1 amide bonds. The second kappa shape index (κ2) is 5.81. The van der Waals surface area contributed by atoms with E-state index in [1.54, 1.807) is 0 Å². The van der Waals surface area contributed by atoms with E-state index >= 15 is 0 Å². The van der Waals surface area contributed by atoms with Gasteiger partial charge >= 0.3 is 0 Å². The molecule has 76 valence electrons. The van der Waals surface area contributed by atoms with Crippen molar-refractivity contribution in [2.24, 2.45) is 5.92 Å². The van der Waals surface area contributed by atoms with Gasteiger partial charge in [-0.1, -0.05) is 6.42 Å². The molecule has 2 atom stereocenters. The molecular weight excluding hydrogens is 202 g/mol. The maximum Gasteiger partial charge on any atom is 0.224 e. The predicted octanol–water partition coefficient (Wildman–Crippen LogP) is 1.52. The number of carbonyl (C=O) groups excluding carboxylic acids is 1. The van der Waals surface area contributed by atoms with Crippen molar-refractivity contribution in [2.45, 2.75) is 31.7 Å². The highest BCUT2D eigenvalue weighted by molar-refractivity contribution is 7.80. The number of hydrogen-bond acceptors (Lipinski definition) is 3. The number of carbonyl (C=O) groups is 1. The lowest BCUT2D eigenvalue weighted by Gasteiger charge is -2.08. The third-order valence-electron chi connectivity index (χ3n) is 2.47. The predicted molar refractivity (Wildman–Crippen MR) is 61.6 cm³/mol. The van der Waals surface area contributed by atoms with Crippen LogP contribution in [0.5, 0.6) is 0 Å². The Kier molecular flexibility index (Phi) is 5.02. The summed E-state index contributed by atoms with van der Waals surface area (Å²) in [5.74, 6) is 1.95. The summed E-state index contributed by atoms with van der Waals surface area (Å²) in [6.45, 7) is 0. The zero-order valence-electron chi connectivity index (χ0n) is 7.70. The fourth-order valence-electron chi connectivity index (χ4n) is 1.68. The standard InChI is InChI=1S/C9H17NOS2/c11-9-7(6-13)5-8(10-9)3-1-2-4-12/h7-8,12-13H,1-6H2,(H,10,11). The molecule has 0 aromatic carbocycles. The van der Waals surface area contributed by atoms with E-state index in [1.165, 1.54) is 0 Å². The van der Waals surface area contributed by atoms with Gasteiger partial charge in [-0.25, -0.2) is 0 Å². The molecule has 1 aliphatic rings. The maximum absolute atomic E-state index is 11.3. The summed E-state index contributed by atoms with van der Waals surface area (Å²) in [4.78, 5) is 11.3. The Morgan fingerprint density at radius 3 is 2.69 bits per heavy atom. The molecule has 1 aliphatic heterocycles. The van der Waals surface area contributed by atoms with Crippen LogP contribution in [0.3, 0.4) is 0 Å². The molecule has 0 aromatic rings. The second-order valence-corrected chi connectivity index (χ2v) is 4.35. The molecule has 2 nitrogen and oxygen atoms in total. The average molecular weight is 219 g/mol. The van der Waals surface area contributed by atoms with Gasteiger partial charge in [-0.15, -0.1) is 0 Å². The van der Waals surface area contributed by atoms with Gasteiger partial charge in [0.05, 0.1) is 0 Å². The van der Waals surface area contributed by atoms with E-state index in [-0.39, 0.29) is 11.8 Å². The van der Waals surface area contributed by atoms with Gasteiger partial charge in [0.1, 0.15) is 0 Å². The fraction of sp³-hybridized carbons (Fsp3) is 0.889. The van der Waals surface area contributed by atoms with Crippen LogP contribution in [-0.2, 0) is 4.79 Å². The number of amides is 1. The van der Waals surface area contributed by atoms with E-state index in [0.29, 0.717) is 11.8 Å². The molecule has 0 aromatic heterocycles. The van der Waals surface area contributed by atoms with Gasteiger partial charge in [0.25, 0.3) is 0 Å². The van der Waals surface area contributed by atoms with Gasteiger partial charge < -0.3 is 5.32 Å². The van der Waals surface area contributed by atoms with E-state index in [0.717, 1.165) is 31.4 Å². The second-order valence-electron chi connectivity index (χ2n) is 3.54. The van der Waals surface area contributed by atoms with E-state index < -0.39 is 0 Å². The SMILES string of the molecule is O=C1NC(CCCCS)CC1CS. The Morgan fingerprint density at radius 1 is 1.38 bits per heavy atom. The normalized spacial score (nSPS) is 27.7. The van der Waals surface area contributed by atoms with Gasteiger partial charge in [0.15, 0.2) is 0 Å². The van der Waals surface area contributed by atoms with Crippen LogP contribution < -0.4 is 5.32 Å². The fourth-order valence-corrected chi connectivity index (χ4v) is 2.22. The first-order valence-electron chi connectivity index (χ1n) is 4.80. The summed E-state index contributed by atoms with van der Waals surface area (Å²) in [6, 6.07) is 0.393. The Hall–Kier alpha value is 0.170. The number of unbranched alkanes of at least 4 members (excludes halogenated alkanes) is 1. The Bertz CT molecular complexity index is 175. The van der Waals surface area contributed by atoms with E-state index in [9.17, 15) is 4.79 Å². The van der Waals surface area contributed by atoms with Gasteiger partial charge in [-0.3, -0.25) is 4.79 Å². The summed E-state index contributed by atoms with van der Waals surface area (Å²) < 4.78 is 0. The molecule has 0 aliphatic carbocycles. The smallest absolute Gasteiger partial charge is 0.224 e. The summed E-state index contributed by atoms with van der Waals surface area (Å²) in [5, 5.41) is 3.00. The minimum atomic E-state index is 0.143. The molecule has 0 bridgehead atoms. The third kappa shape index (κ3) is 3.43. The van der Waals surface area contributed by atoms with Crippen molar-refractivity contribution < 1.29 is 4.79 Å². The van der Waals surface area contributed by atoms with E-state index in [4.69, 9.17) is 0 Å². The lowest BCUT2D eigenvalue weighted by Crippen LogP contribution is -2.26. The van der Waals surface area contributed by atoms with Crippen LogP contribution in [0.15, 0.2) is 0 Å². The quantitative estimate of drug-likeness (QED) is 0.475. The summed E-state index contributed by atoms with van der Waals surface area (Å²) in [7, 11) is 0. The van der Waals surface area contributed by atoms with Crippen molar-refractivity contribution in [2.75, 3.05) is 11.5 Å². The van der Waals surface area contributed by atoms with Gasteiger partial charge in [0, 0.05) is 17.7 Å². The average Bonchev–Trinajstić information content (AvgIpc) is 2.47. The number of rotatable bonds is 5. The Labute approximate surface area is 90.7 Å². The van der Waals surface area contributed by atoms with Gasteiger partial charge in [-0.05, 0) is 25.0 Å². The minimum Gasteiger partial charge on any atom is -0.353 e. The van der Waals surface area contributed by atoms with E-state index in [2.05, 4.69) is 30.6 Å². The number of hydrogen-bond donors (Lipinski definition) is 3. The lowest BCUT2D eigenvalue weighted by atomic mass is 10.0. The van der Waals surface area contributed by atoms with Gasteiger partial charge in [-0.2, -0.15) is 25.3 Å². The molecule has 0 spiro atoms. The first-order chi connectivity index (χ1) is 6.27. The third-order valence-corrected chi connectivity index (χ3v) is 3.22. The summed E-state index contributed by atoms with van der Waals surface area (Å²) >= 11 is 8.30. The molecule has 1 saturated heterocycles. The topological polar surface area (TPSA) is 29.1 Å². The molecule has 1 N–H and O–H groups in total. The largest absolute Gasteiger partial charge is 0.353 e. The monoisotopic (exact) mass is 219 g/mol. The maximum atomic E-state index is 11.3. The van der Waals surface area contributed by atoms with Crippen molar-refractivity contribution in [3.63, 3.8) is 0 Å². The van der Waals surface area contributed by atoms with E-state index in [1.807, 2.05) is 0 Å². The highest BCUT2D eigenvalue weighted by Crippen LogP contribution is 2.20. The zero-order valence-corrected chi connectivity index (χ0v) is 9.49. The molecule has 1 fully saturated rings. The van der Waals surface area contributed by atoms with Gasteiger partial charge in [0.2, 0.25) is 5.91 Å². The Morgan fingerprint density at radius 2 is 2.15 bits per heavy atom. The summed E-state index contributed by atoms with van der Waals surface area (Å²) in [5.41, 5.74) is 0. The molecular formula is C9H17NOS2. The molecule has 4 heteroatoms. The highest BCUT2D eigenvalue weighted by atomic mass is 32.1. The minimum absolute atomic E-state index is 0.143. The van der Waals surface area contributed by atoms with Crippen LogP contribution in [0.1, 0.15) is 25.7 Å². The Balaban J connectivity index is 2.20. The zero-order chi connectivity index (χ0) is 9.68. The molecule has 1 heterocycles. The van der Waals surface area contributed by atoms with Crippen molar-refractivity contribution in [1.82, 2.24) is 5.32 Å². The molecule has 0 saturated carbocycles. The van der Waals surface area contributed by atoms with Crippen LogP contribution in [0.25, 0.3) is 0 Å². The highest BCUT2D eigenvalue weighted by Gasteiger charge is 2.29. The molecule has 13 heavy (non-hydrogen) atoms. The first kappa shape index (κ1) is 11.2. The van der Waals surface area contributed by atoms with Crippen LogP contribution in [0, 0.1) is 5.92 Å². The first-order valence-corrected chi connectivity index (χ1v) is 6.06. The van der Waals surface area contributed by atoms with Crippen molar-refractivity contribution in [3.05, 3.63) is 0 Å². The van der Waals surface area contributed by atoms with Crippen molar-refractivity contribution in [1.29, 1.82) is 0 Å². The van der Waals surface area contributed by atoms with Crippen molar-refractivity contribution >= 4 is 31.2 Å². The lowest BCUT2D eigenvalue weighted by molar-refractivity contribution is -0.122. The van der Waals surface area contributed by atoms with Crippen LogP contribution in [0.2, 0.25) is 0 Å². The molecule has 1 rings (SSSR count). The van der Waals surface area contributed by atoms with Crippen molar-refractivity contribution in [3.8, 4) is 0 Å². The van der Waals surface area contributed by atoms with Crippen LogP contribution in [-0.4, -0.2) is 23.5 Å². The summed E-state index contributed by atoms with van der Waals surface area (Å²) in [6.07, 6.45) is 4.36. The molecule has 2 unspecified atom stereocenters. The number of nitrogens with one attached hydrogen (secondary N) is 1. The van der Waals surface area contributed by atoms with Crippen LogP contribution in [0.4, 0.5) is 0 Å². The molecule has 0 radical (unpaired) electrons.